The summed E-state index contributed by atoms with van der Waals surface area (Å²) in [5.74, 6) is -0.341. The van der Waals surface area contributed by atoms with Crippen LogP contribution in [0.2, 0.25) is 0 Å². The van der Waals surface area contributed by atoms with Crippen molar-refractivity contribution in [2.45, 2.75) is 19.4 Å². The Bertz CT molecular complexity index is 715. The second-order valence-corrected chi connectivity index (χ2v) is 6.63. The molecule has 0 fully saturated rings. The van der Waals surface area contributed by atoms with E-state index in [4.69, 9.17) is 4.74 Å². The monoisotopic (exact) mass is 374 g/mol. The average Bonchev–Trinajstić information content (AvgIpc) is 2.62. The Morgan fingerprint density at radius 2 is 1.78 bits per heavy atom. The van der Waals surface area contributed by atoms with Gasteiger partial charge in [-0.3, -0.25) is 14.4 Å². The van der Waals surface area contributed by atoms with E-state index in [0.717, 1.165) is 11.3 Å². The molecule has 8 heteroatoms. The number of hydrogen-bond donors (Lipinski definition) is 4. The number of nitrogens with one attached hydrogen (secondary N) is 4. The summed E-state index contributed by atoms with van der Waals surface area (Å²) in [6.07, 6.45) is 3.68. The first-order valence-corrected chi connectivity index (χ1v) is 8.83. The van der Waals surface area contributed by atoms with E-state index >= 15 is 0 Å². The molecule has 0 aliphatic carbocycles. The molecule has 0 radical (unpaired) electrons. The number of para-hydroxylation sites is 1. The zero-order valence-electron chi connectivity index (χ0n) is 15.6. The predicted molar refractivity (Wildman–Crippen MR) is 102 cm³/mol. The van der Waals surface area contributed by atoms with Gasteiger partial charge >= 0.3 is 0 Å². The lowest BCUT2D eigenvalue weighted by atomic mass is 10.0. The topological polar surface area (TPSA) is 109 Å². The predicted octanol–water partition coefficient (Wildman–Crippen LogP) is -0.191. The van der Waals surface area contributed by atoms with E-state index in [-0.39, 0.29) is 24.9 Å². The van der Waals surface area contributed by atoms with E-state index in [1.54, 1.807) is 13.8 Å². The normalized spacial score (nSPS) is 20.6. The van der Waals surface area contributed by atoms with E-state index < -0.39 is 11.4 Å². The number of rotatable bonds is 0. The van der Waals surface area contributed by atoms with Gasteiger partial charge in [-0.2, -0.15) is 0 Å². The molecular weight excluding hydrogens is 348 g/mol. The minimum Gasteiger partial charge on any atom is -0.492 e. The summed E-state index contributed by atoms with van der Waals surface area (Å²) in [4.78, 5) is 36.1. The van der Waals surface area contributed by atoms with Crippen LogP contribution in [0, 0.1) is 0 Å². The molecule has 8 nitrogen and oxygen atoms in total. The van der Waals surface area contributed by atoms with Gasteiger partial charge in [0.25, 0.3) is 0 Å². The third-order valence-electron chi connectivity index (χ3n) is 3.88. The fourth-order valence-corrected chi connectivity index (χ4v) is 2.44. The highest BCUT2D eigenvalue weighted by molar-refractivity contribution is 5.93. The standard InChI is InChI=1S/C19H26N4O4/c1-19(2)18(26)22-13-16(24)21-9-5-7-14-6-3-4-8-15(14)27-11-10-20-12-17(25)23-19/h3-8,20H,9-13H2,1-2H3,(H,21,24)(H,22,26)(H,23,25)/b7-5+. The van der Waals surface area contributed by atoms with Crippen LogP contribution in [0.4, 0.5) is 0 Å². The SMILES string of the molecule is CC1(C)NC(=O)CNCCOc2ccccc2/C=C/CNC(=O)CNC1=O. The highest BCUT2D eigenvalue weighted by atomic mass is 16.5. The molecule has 0 saturated heterocycles. The van der Waals surface area contributed by atoms with Crippen LogP contribution in [-0.4, -0.2) is 56.0 Å². The summed E-state index contributed by atoms with van der Waals surface area (Å²) >= 11 is 0. The summed E-state index contributed by atoms with van der Waals surface area (Å²) in [7, 11) is 0. The minimum atomic E-state index is -1.13. The molecule has 0 aromatic heterocycles. The van der Waals surface area contributed by atoms with E-state index in [1.165, 1.54) is 0 Å². The van der Waals surface area contributed by atoms with Gasteiger partial charge in [-0.15, -0.1) is 0 Å². The van der Waals surface area contributed by atoms with Gasteiger partial charge in [0, 0.05) is 18.7 Å². The van der Waals surface area contributed by atoms with Crippen molar-refractivity contribution in [1.82, 2.24) is 21.3 Å². The van der Waals surface area contributed by atoms with Gasteiger partial charge in [-0.1, -0.05) is 30.4 Å². The molecular formula is C19H26N4O4. The first-order valence-electron chi connectivity index (χ1n) is 8.83. The van der Waals surface area contributed by atoms with Crippen molar-refractivity contribution in [1.29, 1.82) is 0 Å². The summed E-state index contributed by atoms with van der Waals surface area (Å²) in [6.45, 7) is 4.25. The third-order valence-corrected chi connectivity index (χ3v) is 3.88. The lowest BCUT2D eigenvalue weighted by Crippen LogP contribution is -2.57. The molecule has 146 valence electrons. The second-order valence-electron chi connectivity index (χ2n) is 6.63. The molecule has 1 aromatic rings. The Hall–Kier alpha value is -2.87. The summed E-state index contributed by atoms with van der Waals surface area (Å²) in [5.41, 5.74) is -0.236. The van der Waals surface area contributed by atoms with Gasteiger partial charge < -0.3 is 26.0 Å². The Morgan fingerprint density at radius 3 is 2.59 bits per heavy atom. The summed E-state index contributed by atoms with van der Waals surface area (Å²) in [5, 5.41) is 10.9. The van der Waals surface area contributed by atoms with Gasteiger partial charge in [0.2, 0.25) is 17.7 Å². The van der Waals surface area contributed by atoms with E-state index in [0.29, 0.717) is 19.7 Å². The quantitative estimate of drug-likeness (QED) is 0.503. The van der Waals surface area contributed by atoms with Crippen molar-refractivity contribution in [3.05, 3.63) is 35.9 Å². The molecule has 1 heterocycles. The van der Waals surface area contributed by atoms with Crippen LogP contribution in [0.15, 0.2) is 30.3 Å². The van der Waals surface area contributed by atoms with Crippen LogP contribution in [0.25, 0.3) is 6.08 Å². The molecule has 4 N–H and O–H groups in total. The van der Waals surface area contributed by atoms with E-state index in [2.05, 4.69) is 21.3 Å². The number of hydrogen-bond acceptors (Lipinski definition) is 5. The van der Waals surface area contributed by atoms with Gasteiger partial charge in [0.05, 0.1) is 13.1 Å². The van der Waals surface area contributed by atoms with Crippen LogP contribution in [0.3, 0.4) is 0 Å². The zero-order chi connectivity index (χ0) is 19.7. The van der Waals surface area contributed by atoms with Crippen LogP contribution >= 0.6 is 0 Å². The largest absolute Gasteiger partial charge is 0.492 e. The number of carbonyl (C=O) groups is 3. The molecule has 2 rings (SSSR count). The Morgan fingerprint density at radius 1 is 1.00 bits per heavy atom. The van der Waals surface area contributed by atoms with Crippen LogP contribution < -0.4 is 26.0 Å². The molecule has 1 aromatic carbocycles. The Kier molecular flexibility index (Phi) is 7.36. The molecule has 3 amide bonds. The minimum absolute atomic E-state index is 0.0576. The van der Waals surface area contributed by atoms with Crippen molar-refractivity contribution < 1.29 is 19.1 Å². The first-order chi connectivity index (χ1) is 12.9. The first kappa shape index (κ1) is 20.4. The second kappa shape index (κ2) is 9.72. The maximum Gasteiger partial charge on any atom is 0.245 e. The van der Waals surface area contributed by atoms with Crippen molar-refractivity contribution in [2.75, 3.05) is 32.8 Å². The van der Waals surface area contributed by atoms with Crippen molar-refractivity contribution in [3.8, 4) is 5.75 Å². The van der Waals surface area contributed by atoms with Crippen molar-refractivity contribution >= 4 is 23.8 Å². The highest BCUT2D eigenvalue weighted by Crippen LogP contribution is 2.19. The molecule has 1 aliphatic heterocycles. The van der Waals surface area contributed by atoms with Crippen molar-refractivity contribution in [3.63, 3.8) is 0 Å². The average molecular weight is 374 g/mol. The molecule has 0 spiro atoms. The number of amides is 3. The lowest BCUT2D eigenvalue weighted by Gasteiger charge is -2.25. The molecule has 27 heavy (non-hydrogen) atoms. The lowest BCUT2D eigenvalue weighted by molar-refractivity contribution is -0.133. The summed E-state index contributed by atoms with van der Waals surface area (Å²) in [6, 6.07) is 7.56. The molecule has 1 aliphatic rings. The van der Waals surface area contributed by atoms with Gasteiger partial charge in [-0.25, -0.2) is 0 Å². The van der Waals surface area contributed by atoms with Gasteiger partial charge in [0.1, 0.15) is 17.9 Å². The van der Waals surface area contributed by atoms with Gasteiger partial charge in [0.15, 0.2) is 0 Å². The van der Waals surface area contributed by atoms with E-state index in [9.17, 15) is 14.4 Å². The fourth-order valence-electron chi connectivity index (χ4n) is 2.44. The molecule has 0 unspecified atom stereocenters. The van der Waals surface area contributed by atoms with Gasteiger partial charge in [-0.05, 0) is 19.9 Å². The third kappa shape index (κ3) is 6.74. The zero-order valence-corrected chi connectivity index (χ0v) is 15.6. The smallest absolute Gasteiger partial charge is 0.245 e. The highest BCUT2D eigenvalue weighted by Gasteiger charge is 2.29. The van der Waals surface area contributed by atoms with Crippen LogP contribution in [0.5, 0.6) is 5.75 Å². The van der Waals surface area contributed by atoms with Crippen molar-refractivity contribution in [2.24, 2.45) is 0 Å². The number of fused-ring (bicyclic) bond motifs is 1. The molecule has 0 atom stereocenters. The summed E-state index contributed by atoms with van der Waals surface area (Å²) < 4.78 is 5.75. The maximum absolute atomic E-state index is 12.2. The van der Waals surface area contributed by atoms with Crippen LogP contribution in [0.1, 0.15) is 19.4 Å². The van der Waals surface area contributed by atoms with Crippen LogP contribution in [-0.2, 0) is 14.4 Å². The molecule has 0 saturated carbocycles. The number of carbonyl (C=O) groups excluding carboxylic acids is 3. The number of benzene rings is 1. The molecule has 0 bridgehead atoms. The fraction of sp³-hybridized carbons (Fsp3) is 0.421. The maximum atomic E-state index is 12.2. The van der Waals surface area contributed by atoms with E-state index in [1.807, 2.05) is 36.4 Å². The number of ether oxygens (including phenoxy) is 1. The Balaban J connectivity index is 2.06. The Labute approximate surface area is 158 Å².